The first-order valence-corrected chi connectivity index (χ1v) is 12.2. The van der Waals surface area contributed by atoms with Crippen molar-refractivity contribution in [1.29, 1.82) is 0 Å². The zero-order chi connectivity index (χ0) is 21.8. The van der Waals surface area contributed by atoms with Crippen LogP contribution in [0.25, 0.3) is 4.91 Å². The van der Waals surface area contributed by atoms with Crippen LogP contribution in [0.15, 0.2) is 42.1 Å². The normalized spacial score (nSPS) is 27.7. The number of ether oxygens (including phenoxy) is 1. The Morgan fingerprint density at radius 2 is 1.97 bits per heavy atom. The van der Waals surface area contributed by atoms with Gasteiger partial charge in [-0.25, -0.2) is 4.79 Å². The van der Waals surface area contributed by atoms with E-state index in [1.165, 1.54) is 42.6 Å². The highest BCUT2D eigenvalue weighted by Crippen LogP contribution is 2.43. The molecule has 7 heteroatoms. The quantitative estimate of drug-likeness (QED) is 0.502. The summed E-state index contributed by atoms with van der Waals surface area (Å²) in [6.07, 6.45) is 9.79. The third-order valence-electron chi connectivity index (χ3n) is 6.12. The molecule has 0 bridgehead atoms. The number of thioether (sulfide) groups is 1. The highest BCUT2D eigenvalue weighted by atomic mass is 32.2. The van der Waals surface area contributed by atoms with Gasteiger partial charge in [0.1, 0.15) is 17.7 Å². The number of rotatable bonds is 9. The average Bonchev–Trinajstić information content (AvgIpc) is 3.36. The monoisotopic (exact) mass is 444 g/mol. The number of aryl methyl sites for hydroxylation is 1. The number of aliphatic hydroxyl groups is 2. The Hall–Kier alpha value is -1.80. The molecule has 0 aliphatic carbocycles. The smallest absolute Gasteiger partial charge is 0.324 e. The first kappa shape index (κ1) is 22.4. The number of carbonyl (C=O) groups is 1. The maximum absolute atomic E-state index is 12.6. The highest BCUT2D eigenvalue weighted by Gasteiger charge is 2.41. The maximum Gasteiger partial charge on any atom is 0.324 e. The number of amides is 2. The van der Waals surface area contributed by atoms with Gasteiger partial charge in [0.2, 0.25) is 0 Å². The van der Waals surface area contributed by atoms with Gasteiger partial charge in [-0.05, 0) is 30.0 Å². The summed E-state index contributed by atoms with van der Waals surface area (Å²) >= 11 is 1.64. The third-order valence-corrected chi connectivity index (χ3v) is 7.36. The predicted molar refractivity (Wildman–Crippen MR) is 123 cm³/mol. The standard InChI is InChI=1S/C24H32N2O4S/c1-2-3-4-5-6-7-16-8-10-17(11-9-16)21-12-18-14-26(24(29)25-23(18)31-21)22-13-19(28)20(15-27)30-22/h8-12,14,19-20,22-23,27-28H,2-7,13,15H2,1H3,(H,25,29)/t19-,20+,22+,23?/m0/s1. The van der Waals surface area contributed by atoms with E-state index in [1.807, 2.05) is 6.20 Å². The maximum atomic E-state index is 12.6. The third kappa shape index (κ3) is 5.17. The minimum absolute atomic E-state index is 0.114. The number of benzene rings is 1. The molecule has 31 heavy (non-hydrogen) atoms. The highest BCUT2D eigenvalue weighted by molar-refractivity contribution is 8.09. The lowest BCUT2D eigenvalue weighted by Gasteiger charge is -2.32. The Bertz CT molecular complexity index is 838. The molecule has 0 aromatic heterocycles. The summed E-state index contributed by atoms with van der Waals surface area (Å²) in [6, 6.07) is 8.51. The van der Waals surface area contributed by atoms with E-state index in [-0.39, 0.29) is 24.4 Å². The molecule has 1 unspecified atom stereocenters. The van der Waals surface area contributed by atoms with E-state index >= 15 is 0 Å². The molecule has 1 aromatic rings. The molecule has 3 heterocycles. The lowest BCUT2D eigenvalue weighted by Crippen LogP contribution is -2.49. The largest absolute Gasteiger partial charge is 0.394 e. The molecule has 168 valence electrons. The first-order valence-electron chi connectivity index (χ1n) is 11.3. The van der Waals surface area contributed by atoms with Gasteiger partial charge in [-0.3, -0.25) is 4.90 Å². The van der Waals surface area contributed by atoms with Gasteiger partial charge in [0.05, 0.1) is 12.7 Å². The topological polar surface area (TPSA) is 82.0 Å². The van der Waals surface area contributed by atoms with Crippen molar-refractivity contribution in [3.8, 4) is 0 Å². The fourth-order valence-electron chi connectivity index (χ4n) is 4.26. The number of nitrogens with zero attached hydrogens (tertiary/aromatic N) is 1. The van der Waals surface area contributed by atoms with E-state index in [0.29, 0.717) is 0 Å². The van der Waals surface area contributed by atoms with E-state index < -0.39 is 18.4 Å². The van der Waals surface area contributed by atoms with Crippen molar-refractivity contribution in [3.63, 3.8) is 0 Å². The van der Waals surface area contributed by atoms with Gasteiger partial charge in [-0.1, -0.05) is 68.6 Å². The van der Waals surface area contributed by atoms with Gasteiger partial charge in [0.15, 0.2) is 0 Å². The molecule has 3 aliphatic heterocycles. The van der Waals surface area contributed by atoms with Crippen molar-refractivity contribution in [2.24, 2.45) is 0 Å². The number of hydrogen-bond acceptors (Lipinski definition) is 5. The summed E-state index contributed by atoms with van der Waals surface area (Å²) in [7, 11) is 0. The SMILES string of the molecule is CCCCCCCc1ccc(C2=CC3=CN([C@H]4C[C@H](O)[C@@H](CO)O4)C(=O)NC3S2)cc1. The summed E-state index contributed by atoms with van der Waals surface area (Å²) < 4.78 is 5.65. The van der Waals surface area contributed by atoms with Gasteiger partial charge in [0, 0.05) is 23.1 Å². The second kappa shape index (κ2) is 10.2. The van der Waals surface area contributed by atoms with E-state index in [1.54, 1.807) is 11.8 Å². The molecule has 2 amide bonds. The molecular weight excluding hydrogens is 412 g/mol. The van der Waals surface area contributed by atoms with Crippen LogP contribution in [-0.2, 0) is 11.2 Å². The summed E-state index contributed by atoms with van der Waals surface area (Å²) in [5, 5.41) is 22.2. The van der Waals surface area contributed by atoms with Gasteiger partial charge in [-0.15, -0.1) is 0 Å². The van der Waals surface area contributed by atoms with Crippen LogP contribution in [0.2, 0.25) is 0 Å². The summed E-state index contributed by atoms with van der Waals surface area (Å²) in [5.74, 6) is 0. The lowest BCUT2D eigenvalue weighted by atomic mass is 10.0. The Morgan fingerprint density at radius 3 is 2.68 bits per heavy atom. The lowest BCUT2D eigenvalue weighted by molar-refractivity contribution is -0.0541. The molecule has 3 N–H and O–H groups in total. The summed E-state index contributed by atoms with van der Waals surface area (Å²) in [4.78, 5) is 15.2. The van der Waals surface area contributed by atoms with Crippen LogP contribution in [0.5, 0.6) is 0 Å². The molecule has 0 spiro atoms. The van der Waals surface area contributed by atoms with E-state index in [0.717, 1.165) is 22.5 Å². The van der Waals surface area contributed by atoms with Crippen LogP contribution in [0.4, 0.5) is 4.79 Å². The van der Waals surface area contributed by atoms with Crippen LogP contribution >= 0.6 is 11.8 Å². The molecule has 3 aliphatic rings. The Kier molecular flexibility index (Phi) is 7.38. The zero-order valence-electron chi connectivity index (χ0n) is 18.0. The van der Waals surface area contributed by atoms with Crippen molar-refractivity contribution in [2.75, 3.05) is 6.61 Å². The number of hydrogen-bond donors (Lipinski definition) is 3. The predicted octanol–water partition coefficient (Wildman–Crippen LogP) is 3.99. The zero-order valence-corrected chi connectivity index (χ0v) is 18.8. The fraction of sp³-hybridized carbons (Fsp3) is 0.542. The van der Waals surface area contributed by atoms with Crippen molar-refractivity contribution < 1.29 is 19.7 Å². The molecule has 6 nitrogen and oxygen atoms in total. The second-order valence-corrected chi connectivity index (χ2v) is 9.62. The van der Waals surface area contributed by atoms with Crippen molar-refractivity contribution in [1.82, 2.24) is 10.2 Å². The average molecular weight is 445 g/mol. The minimum Gasteiger partial charge on any atom is -0.394 e. The summed E-state index contributed by atoms with van der Waals surface area (Å²) in [6.45, 7) is 1.98. The van der Waals surface area contributed by atoms with E-state index in [9.17, 15) is 15.0 Å². The Labute approximate surface area is 188 Å². The molecule has 4 atom stereocenters. The van der Waals surface area contributed by atoms with Crippen LogP contribution in [-0.4, -0.2) is 51.6 Å². The van der Waals surface area contributed by atoms with E-state index in [2.05, 4.69) is 42.6 Å². The Morgan fingerprint density at radius 1 is 1.19 bits per heavy atom. The minimum atomic E-state index is -0.770. The van der Waals surface area contributed by atoms with Crippen molar-refractivity contribution in [2.45, 2.75) is 75.7 Å². The molecule has 4 rings (SSSR count). The van der Waals surface area contributed by atoms with E-state index in [4.69, 9.17) is 4.74 Å². The number of aliphatic hydroxyl groups excluding tert-OH is 2. The molecule has 1 saturated heterocycles. The number of nitrogens with one attached hydrogen (secondary N) is 1. The van der Waals surface area contributed by atoms with Gasteiger partial charge < -0.3 is 20.3 Å². The van der Waals surface area contributed by atoms with Crippen molar-refractivity contribution in [3.05, 3.63) is 53.2 Å². The number of unbranched alkanes of at least 4 members (excludes halogenated alkanes) is 4. The number of carbonyl (C=O) groups excluding carboxylic acids is 1. The number of urea groups is 1. The summed E-state index contributed by atoms with van der Waals surface area (Å²) in [5.41, 5.74) is 3.53. The Balaban J connectivity index is 1.39. The molecular formula is C24H32N2O4S. The first-order chi connectivity index (χ1) is 15.1. The molecule has 0 saturated carbocycles. The molecule has 1 aromatic carbocycles. The second-order valence-electron chi connectivity index (χ2n) is 8.47. The molecule has 1 fully saturated rings. The van der Waals surface area contributed by atoms with Crippen molar-refractivity contribution >= 4 is 22.7 Å². The fourth-order valence-corrected chi connectivity index (χ4v) is 5.42. The van der Waals surface area contributed by atoms with Crippen LogP contribution in [0, 0.1) is 0 Å². The van der Waals surface area contributed by atoms with Gasteiger partial charge in [0.25, 0.3) is 0 Å². The number of fused-ring (bicyclic) bond motifs is 1. The molecule has 0 radical (unpaired) electrons. The van der Waals surface area contributed by atoms with Gasteiger partial charge in [-0.2, -0.15) is 0 Å². The van der Waals surface area contributed by atoms with Gasteiger partial charge >= 0.3 is 6.03 Å². The van der Waals surface area contributed by atoms with Crippen LogP contribution < -0.4 is 5.32 Å². The van der Waals surface area contributed by atoms with Crippen LogP contribution in [0.3, 0.4) is 0 Å². The van der Waals surface area contributed by atoms with Crippen LogP contribution in [0.1, 0.15) is 56.6 Å².